The number of methoxy groups -OCH3 is 1. The average Bonchev–Trinajstić information content (AvgIpc) is 1.94. The number of hydrogen-bond donors (Lipinski definition) is 1. The molecule has 1 heterocycles. The maximum absolute atomic E-state index is 5.62. The van der Waals surface area contributed by atoms with Gasteiger partial charge in [-0.25, -0.2) is 5.01 Å². The molecule has 0 spiro atoms. The SMILES string of the molecule is COC1CN(N)CCC1C. The number of nitrogens with zero attached hydrogens (tertiary/aromatic N) is 1. The van der Waals surface area contributed by atoms with E-state index in [0.717, 1.165) is 19.5 Å². The minimum atomic E-state index is 0.332. The zero-order chi connectivity index (χ0) is 7.56. The van der Waals surface area contributed by atoms with E-state index in [1.54, 1.807) is 7.11 Å². The van der Waals surface area contributed by atoms with Crippen LogP contribution in [-0.2, 0) is 4.74 Å². The van der Waals surface area contributed by atoms with Gasteiger partial charge in [-0.3, -0.25) is 5.84 Å². The lowest BCUT2D eigenvalue weighted by Crippen LogP contribution is -2.47. The number of hydrogen-bond acceptors (Lipinski definition) is 3. The maximum atomic E-state index is 5.62. The van der Waals surface area contributed by atoms with Gasteiger partial charge in [0.2, 0.25) is 0 Å². The molecular formula is C7H16N2O. The first-order valence-corrected chi connectivity index (χ1v) is 3.76. The highest BCUT2D eigenvalue weighted by Crippen LogP contribution is 2.16. The fourth-order valence-corrected chi connectivity index (χ4v) is 1.36. The van der Waals surface area contributed by atoms with Crippen molar-refractivity contribution in [3.05, 3.63) is 0 Å². The molecule has 1 aliphatic heterocycles. The van der Waals surface area contributed by atoms with Crippen molar-refractivity contribution in [2.45, 2.75) is 19.4 Å². The van der Waals surface area contributed by atoms with Crippen LogP contribution >= 0.6 is 0 Å². The standard InChI is InChI=1S/C7H16N2O/c1-6-3-4-9(8)5-7(6)10-2/h6-7H,3-5,8H2,1-2H3. The highest BCUT2D eigenvalue weighted by atomic mass is 16.5. The van der Waals surface area contributed by atoms with Gasteiger partial charge in [0, 0.05) is 20.2 Å². The van der Waals surface area contributed by atoms with Crippen LogP contribution in [0.2, 0.25) is 0 Å². The molecule has 3 heteroatoms. The fraction of sp³-hybridized carbons (Fsp3) is 1.00. The fourth-order valence-electron chi connectivity index (χ4n) is 1.36. The second-order valence-electron chi connectivity index (χ2n) is 3.04. The Bertz CT molecular complexity index is 108. The summed E-state index contributed by atoms with van der Waals surface area (Å²) in [5.74, 6) is 6.27. The third-order valence-corrected chi connectivity index (χ3v) is 2.22. The Kier molecular flexibility index (Phi) is 2.65. The predicted molar refractivity (Wildman–Crippen MR) is 40.3 cm³/mol. The normalized spacial score (nSPS) is 36.3. The third-order valence-electron chi connectivity index (χ3n) is 2.22. The minimum Gasteiger partial charge on any atom is -0.380 e. The predicted octanol–water partition coefficient (Wildman–Crippen LogP) is 0.217. The van der Waals surface area contributed by atoms with Gasteiger partial charge in [-0.05, 0) is 12.3 Å². The monoisotopic (exact) mass is 144 g/mol. The molecule has 0 amide bonds. The molecule has 10 heavy (non-hydrogen) atoms. The Morgan fingerprint density at radius 2 is 2.30 bits per heavy atom. The van der Waals surface area contributed by atoms with Gasteiger partial charge >= 0.3 is 0 Å². The molecule has 1 fully saturated rings. The zero-order valence-electron chi connectivity index (χ0n) is 6.71. The Morgan fingerprint density at radius 1 is 1.60 bits per heavy atom. The van der Waals surface area contributed by atoms with Gasteiger partial charge in [-0.1, -0.05) is 6.92 Å². The quantitative estimate of drug-likeness (QED) is 0.535. The van der Waals surface area contributed by atoms with Crippen LogP contribution in [0.1, 0.15) is 13.3 Å². The molecule has 0 aromatic rings. The van der Waals surface area contributed by atoms with E-state index < -0.39 is 0 Å². The van der Waals surface area contributed by atoms with Crippen molar-refractivity contribution in [1.29, 1.82) is 0 Å². The van der Waals surface area contributed by atoms with E-state index in [1.807, 2.05) is 5.01 Å². The second-order valence-corrected chi connectivity index (χ2v) is 3.04. The molecule has 1 rings (SSSR count). The average molecular weight is 144 g/mol. The van der Waals surface area contributed by atoms with Crippen LogP contribution in [0, 0.1) is 5.92 Å². The Labute approximate surface area is 62.1 Å². The Balaban J connectivity index is 2.38. The first-order valence-electron chi connectivity index (χ1n) is 3.76. The zero-order valence-corrected chi connectivity index (χ0v) is 6.71. The molecule has 3 nitrogen and oxygen atoms in total. The van der Waals surface area contributed by atoms with Crippen LogP contribution in [0.3, 0.4) is 0 Å². The smallest absolute Gasteiger partial charge is 0.0738 e. The van der Waals surface area contributed by atoms with Crippen molar-refractivity contribution in [1.82, 2.24) is 5.01 Å². The summed E-state index contributed by atoms with van der Waals surface area (Å²) >= 11 is 0. The molecule has 0 bridgehead atoms. The molecule has 0 radical (unpaired) electrons. The van der Waals surface area contributed by atoms with Gasteiger partial charge in [0.15, 0.2) is 0 Å². The van der Waals surface area contributed by atoms with Crippen molar-refractivity contribution >= 4 is 0 Å². The summed E-state index contributed by atoms with van der Waals surface area (Å²) in [5.41, 5.74) is 0. The summed E-state index contributed by atoms with van der Waals surface area (Å²) in [6, 6.07) is 0. The van der Waals surface area contributed by atoms with Crippen LogP contribution in [0.15, 0.2) is 0 Å². The second kappa shape index (κ2) is 3.32. The number of nitrogens with two attached hydrogens (primary N) is 1. The van der Waals surface area contributed by atoms with Crippen molar-refractivity contribution < 1.29 is 4.74 Å². The number of hydrazine groups is 1. The topological polar surface area (TPSA) is 38.5 Å². The molecule has 2 N–H and O–H groups in total. The lowest BCUT2D eigenvalue weighted by Gasteiger charge is -2.33. The highest BCUT2D eigenvalue weighted by Gasteiger charge is 2.23. The van der Waals surface area contributed by atoms with Gasteiger partial charge < -0.3 is 4.74 Å². The molecule has 2 atom stereocenters. The number of ether oxygens (including phenoxy) is 1. The molecule has 1 saturated heterocycles. The van der Waals surface area contributed by atoms with Crippen LogP contribution in [-0.4, -0.2) is 31.3 Å². The lowest BCUT2D eigenvalue weighted by molar-refractivity contribution is -0.00512. The third kappa shape index (κ3) is 1.68. The van der Waals surface area contributed by atoms with Gasteiger partial charge in [0.1, 0.15) is 0 Å². The summed E-state index contributed by atoms with van der Waals surface area (Å²) in [7, 11) is 1.75. The molecule has 1 aliphatic rings. The van der Waals surface area contributed by atoms with Crippen molar-refractivity contribution in [2.24, 2.45) is 11.8 Å². The molecule has 0 saturated carbocycles. The Hall–Kier alpha value is -0.120. The van der Waals surface area contributed by atoms with E-state index in [9.17, 15) is 0 Å². The Morgan fingerprint density at radius 3 is 2.80 bits per heavy atom. The van der Waals surface area contributed by atoms with E-state index in [2.05, 4.69) is 6.92 Å². The van der Waals surface area contributed by atoms with Crippen LogP contribution < -0.4 is 5.84 Å². The molecular weight excluding hydrogens is 128 g/mol. The maximum Gasteiger partial charge on any atom is 0.0738 e. The summed E-state index contributed by atoms with van der Waals surface area (Å²) < 4.78 is 5.25. The highest BCUT2D eigenvalue weighted by molar-refractivity contribution is 4.75. The van der Waals surface area contributed by atoms with Crippen LogP contribution in [0.4, 0.5) is 0 Å². The van der Waals surface area contributed by atoms with Gasteiger partial charge in [0.05, 0.1) is 6.10 Å². The van der Waals surface area contributed by atoms with Gasteiger partial charge in [-0.15, -0.1) is 0 Å². The van der Waals surface area contributed by atoms with Gasteiger partial charge in [0.25, 0.3) is 0 Å². The van der Waals surface area contributed by atoms with Crippen LogP contribution in [0.5, 0.6) is 0 Å². The van der Waals surface area contributed by atoms with Crippen molar-refractivity contribution in [2.75, 3.05) is 20.2 Å². The number of rotatable bonds is 1. The molecule has 0 aliphatic carbocycles. The molecule has 0 aromatic heterocycles. The molecule has 2 unspecified atom stereocenters. The van der Waals surface area contributed by atoms with E-state index >= 15 is 0 Å². The summed E-state index contributed by atoms with van der Waals surface area (Å²) in [4.78, 5) is 0. The first kappa shape index (κ1) is 7.98. The lowest BCUT2D eigenvalue weighted by atomic mass is 9.97. The summed E-state index contributed by atoms with van der Waals surface area (Å²) in [6.45, 7) is 4.08. The van der Waals surface area contributed by atoms with Gasteiger partial charge in [-0.2, -0.15) is 0 Å². The first-order chi connectivity index (χ1) is 4.74. The van der Waals surface area contributed by atoms with E-state index in [-0.39, 0.29) is 0 Å². The number of piperidine rings is 1. The van der Waals surface area contributed by atoms with Crippen LogP contribution in [0.25, 0.3) is 0 Å². The van der Waals surface area contributed by atoms with Crippen molar-refractivity contribution in [3.8, 4) is 0 Å². The van der Waals surface area contributed by atoms with E-state index in [0.29, 0.717) is 12.0 Å². The summed E-state index contributed by atoms with van der Waals surface area (Å²) in [5, 5.41) is 1.83. The minimum absolute atomic E-state index is 0.332. The largest absolute Gasteiger partial charge is 0.380 e. The molecule has 60 valence electrons. The van der Waals surface area contributed by atoms with E-state index in [4.69, 9.17) is 10.6 Å². The summed E-state index contributed by atoms with van der Waals surface area (Å²) in [6.07, 6.45) is 1.48. The molecule has 0 aromatic carbocycles. The van der Waals surface area contributed by atoms with E-state index in [1.165, 1.54) is 0 Å². The van der Waals surface area contributed by atoms with Crippen molar-refractivity contribution in [3.63, 3.8) is 0 Å².